The molecular weight excluding hydrogens is 328 g/mol. The molecule has 0 aliphatic carbocycles. The number of ether oxygens (including phenoxy) is 1. The largest absolute Gasteiger partial charge is 0.493 e. The van der Waals surface area contributed by atoms with Gasteiger partial charge in [-0.25, -0.2) is 0 Å². The van der Waals surface area contributed by atoms with Gasteiger partial charge in [0, 0.05) is 44.3 Å². The summed E-state index contributed by atoms with van der Waals surface area (Å²) in [4.78, 5) is 18.4. The number of anilines is 1. The summed E-state index contributed by atoms with van der Waals surface area (Å²) in [6.07, 6.45) is 2.50. The molecule has 0 radical (unpaired) electrons. The number of nitrogens with zero attached hydrogens (tertiary/aromatic N) is 3. The van der Waals surface area contributed by atoms with Crippen LogP contribution in [0.15, 0.2) is 24.3 Å². The Bertz CT molecular complexity index is 562. The number of hydrogen-bond donors (Lipinski definition) is 1. The Morgan fingerprint density at radius 2 is 1.92 bits per heavy atom. The van der Waals surface area contributed by atoms with Crippen LogP contribution in [0.1, 0.15) is 12.8 Å². The molecule has 0 bridgehead atoms. The SMILES string of the molecule is CN(C)CC(=O)N1CCN(c2ccc(OCC3CCCNC3)cc2)CC1. The number of nitrogens with one attached hydrogen (secondary N) is 1. The molecule has 2 aliphatic heterocycles. The van der Waals surface area contributed by atoms with Crippen molar-refractivity contribution in [2.75, 3.05) is 71.4 Å². The third-order valence-corrected chi connectivity index (χ3v) is 5.17. The van der Waals surface area contributed by atoms with Gasteiger partial charge in [0.05, 0.1) is 13.2 Å². The first-order valence-electron chi connectivity index (χ1n) is 9.73. The van der Waals surface area contributed by atoms with E-state index in [0.717, 1.165) is 51.6 Å². The Morgan fingerprint density at radius 3 is 2.54 bits per heavy atom. The van der Waals surface area contributed by atoms with Crippen LogP contribution in [-0.4, -0.2) is 82.2 Å². The smallest absolute Gasteiger partial charge is 0.236 e. The second-order valence-corrected chi connectivity index (χ2v) is 7.62. The summed E-state index contributed by atoms with van der Waals surface area (Å²) in [6.45, 7) is 6.83. The Labute approximate surface area is 157 Å². The molecule has 0 saturated carbocycles. The van der Waals surface area contributed by atoms with Crippen molar-refractivity contribution in [1.29, 1.82) is 0 Å². The molecule has 1 N–H and O–H groups in total. The second-order valence-electron chi connectivity index (χ2n) is 7.62. The molecule has 2 heterocycles. The quantitative estimate of drug-likeness (QED) is 0.828. The molecular formula is C20H32N4O2. The number of benzene rings is 1. The Kier molecular flexibility index (Phi) is 6.74. The Hall–Kier alpha value is -1.79. The van der Waals surface area contributed by atoms with Crippen molar-refractivity contribution in [3.63, 3.8) is 0 Å². The lowest BCUT2D eigenvalue weighted by molar-refractivity contribution is -0.132. The number of likely N-dealkylation sites (N-methyl/N-ethyl adjacent to an activating group) is 1. The maximum absolute atomic E-state index is 12.1. The highest BCUT2D eigenvalue weighted by Gasteiger charge is 2.21. The van der Waals surface area contributed by atoms with Crippen LogP contribution in [0.5, 0.6) is 5.75 Å². The predicted octanol–water partition coefficient (Wildman–Crippen LogP) is 1.28. The minimum Gasteiger partial charge on any atom is -0.493 e. The molecule has 1 aromatic rings. The molecule has 1 amide bonds. The number of carbonyl (C=O) groups excluding carboxylic acids is 1. The maximum Gasteiger partial charge on any atom is 0.236 e. The summed E-state index contributed by atoms with van der Waals surface area (Å²) >= 11 is 0. The van der Waals surface area contributed by atoms with Gasteiger partial charge in [-0.1, -0.05) is 0 Å². The van der Waals surface area contributed by atoms with Gasteiger partial charge in [-0.3, -0.25) is 4.79 Å². The van der Waals surface area contributed by atoms with Crippen LogP contribution in [0.3, 0.4) is 0 Å². The van der Waals surface area contributed by atoms with Crippen LogP contribution in [0.4, 0.5) is 5.69 Å². The zero-order valence-electron chi connectivity index (χ0n) is 16.1. The molecule has 2 fully saturated rings. The first-order chi connectivity index (χ1) is 12.6. The lowest BCUT2D eigenvalue weighted by Crippen LogP contribution is -2.50. The second kappa shape index (κ2) is 9.24. The molecule has 6 nitrogen and oxygen atoms in total. The zero-order chi connectivity index (χ0) is 18.4. The van der Waals surface area contributed by atoms with Crippen molar-refractivity contribution in [3.05, 3.63) is 24.3 Å². The summed E-state index contributed by atoms with van der Waals surface area (Å²) in [6, 6.07) is 8.39. The third kappa shape index (κ3) is 5.35. The first-order valence-corrected chi connectivity index (χ1v) is 9.73. The molecule has 144 valence electrons. The average Bonchev–Trinajstić information content (AvgIpc) is 2.67. The van der Waals surface area contributed by atoms with E-state index in [0.29, 0.717) is 12.5 Å². The summed E-state index contributed by atoms with van der Waals surface area (Å²) in [5.41, 5.74) is 1.20. The first kappa shape index (κ1) is 19.0. The highest BCUT2D eigenvalue weighted by atomic mass is 16.5. The molecule has 26 heavy (non-hydrogen) atoms. The van der Waals surface area contributed by atoms with E-state index in [1.807, 2.05) is 23.9 Å². The number of carbonyl (C=O) groups is 1. The van der Waals surface area contributed by atoms with Crippen LogP contribution in [0.25, 0.3) is 0 Å². The van der Waals surface area contributed by atoms with Gasteiger partial charge in [0.2, 0.25) is 5.91 Å². The Morgan fingerprint density at radius 1 is 1.19 bits per heavy atom. The van der Waals surface area contributed by atoms with Crippen molar-refractivity contribution in [3.8, 4) is 5.75 Å². The molecule has 2 saturated heterocycles. The van der Waals surface area contributed by atoms with E-state index >= 15 is 0 Å². The van der Waals surface area contributed by atoms with Crippen LogP contribution in [-0.2, 0) is 4.79 Å². The van der Waals surface area contributed by atoms with E-state index in [1.165, 1.54) is 18.5 Å². The highest BCUT2D eigenvalue weighted by molar-refractivity contribution is 5.78. The predicted molar refractivity (Wildman–Crippen MR) is 105 cm³/mol. The normalized spacial score (nSPS) is 21.1. The number of piperidine rings is 1. The molecule has 2 aliphatic rings. The van der Waals surface area contributed by atoms with Gasteiger partial charge in [-0.05, 0) is 57.7 Å². The van der Waals surface area contributed by atoms with Crippen molar-refractivity contribution in [2.24, 2.45) is 5.92 Å². The summed E-state index contributed by atoms with van der Waals surface area (Å²) < 4.78 is 5.96. The number of amides is 1. The molecule has 0 spiro atoms. The standard InChI is InChI=1S/C20H32N4O2/c1-22(2)15-20(25)24-12-10-23(11-13-24)18-5-7-19(8-6-18)26-16-17-4-3-9-21-14-17/h5-8,17,21H,3-4,9-16H2,1-2H3. The topological polar surface area (TPSA) is 48.1 Å². The van der Waals surface area contributed by atoms with E-state index in [9.17, 15) is 4.79 Å². The van der Waals surface area contributed by atoms with Gasteiger partial charge in [-0.15, -0.1) is 0 Å². The lowest BCUT2D eigenvalue weighted by Gasteiger charge is -2.36. The summed E-state index contributed by atoms with van der Waals surface area (Å²) in [5, 5.41) is 3.43. The molecule has 1 atom stereocenters. The third-order valence-electron chi connectivity index (χ3n) is 5.17. The minimum atomic E-state index is 0.218. The summed E-state index contributed by atoms with van der Waals surface area (Å²) in [7, 11) is 3.87. The van der Waals surface area contributed by atoms with Crippen molar-refractivity contribution >= 4 is 11.6 Å². The summed E-state index contributed by atoms with van der Waals surface area (Å²) in [5.74, 6) is 1.78. The average molecular weight is 361 g/mol. The van der Waals surface area contributed by atoms with Crippen LogP contribution in [0.2, 0.25) is 0 Å². The minimum absolute atomic E-state index is 0.218. The van der Waals surface area contributed by atoms with Crippen molar-refractivity contribution < 1.29 is 9.53 Å². The van der Waals surface area contributed by atoms with Crippen LogP contribution >= 0.6 is 0 Å². The fourth-order valence-corrected chi connectivity index (χ4v) is 3.62. The molecule has 0 aromatic heterocycles. The van der Waals surface area contributed by atoms with E-state index in [2.05, 4.69) is 34.5 Å². The molecule has 3 rings (SSSR count). The van der Waals surface area contributed by atoms with Gasteiger partial charge in [-0.2, -0.15) is 0 Å². The van der Waals surface area contributed by atoms with Crippen LogP contribution < -0.4 is 15.0 Å². The van der Waals surface area contributed by atoms with Crippen LogP contribution in [0, 0.1) is 5.92 Å². The monoisotopic (exact) mass is 360 g/mol. The van der Waals surface area contributed by atoms with Crippen molar-refractivity contribution in [2.45, 2.75) is 12.8 Å². The van der Waals surface area contributed by atoms with Gasteiger partial charge < -0.3 is 24.8 Å². The number of hydrogen-bond acceptors (Lipinski definition) is 5. The fraction of sp³-hybridized carbons (Fsp3) is 0.650. The van der Waals surface area contributed by atoms with E-state index < -0.39 is 0 Å². The lowest BCUT2D eigenvalue weighted by atomic mass is 10.0. The van der Waals surface area contributed by atoms with E-state index in [4.69, 9.17) is 4.74 Å². The van der Waals surface area contributed by atoms with Gasteiger partial charge >= 0.3 is 0 Å². The number of rotatable bonds is 6. The van der Waals surface area contributed by atoms with Gasteiger partial charge in [0.25, 0.3) is 0 Å². The maximum atomic E-state index is 12.1. The zero-order valence-corrected chi connectivity index (χ0v) is 16.1. The fourth-order valence-electron chi connectivity index (χ4n) is 3.62. The molecule has 1 aromatic carbocycles. The van der Waals surface area contributed by atoms with Gasteiger partial charge in [0.15, 0.2) is 0 Å². The highest BCUT2D eigenvalue weighted by Crippen LogP contribution is 2.22. The molecule has 1 unspecified atom stereocenters. The molecule has 6 heteroatoms. The van der Waals surface area contributed by atoms with Gasteiger partial charge in [0.1, 0.15) is 5.75 Å². The van der Waals surface area contributed by atoms with E-state index in [-0.39, 0.29) is 5.91 Å². The number of piperazine rings is 1. The van der Waals surface area contributed by atoms with E-state index in [1.54, 1.807) is 0 Å². The Balaban J connectivity index is 1.44. The van der Waals surface area contributed by atoms with Crippen molar-refractivity contribution in [1.82, 2.24) is 15.1 Å².